The Bertz CT molecular complexity index is 1200. The number of anilines is 4. The molecule has 0 radical (unpaired) electrons. The third-order valence-electron chi connectivity index (χ3n) is 4.53. The average molecular weight is 458 g/mol. The van der Waals surface area contributed by atoms with Gasteiger partial charge in [0.15, 0.2) is 0 Å². The summed E-state index contributed by atoms with van der Waals surface area (Å²) in [4.78, 5) is 33.3. The van der Waals surface area contributed by atoms with Gasteiger partial charge < -0.3 is 16.0 Å². The van der Waals surface area contributed by atoms with E-state index in [1.807, 2.05) is 0 Å². The molecule has 1 heterocycles. The van der Waals surface area contributed by atoms with Crippen LogP contribution in [0.4, 0.5) is 41.0 Å². The Labute approximate surface area is 187 Å². The first kappa shape index (κ1) is 23.5. The van der Waals surface area contributed by atoms with E-state index >= 15 is 0 Å². The van der Waals surface area contributed by atoms with E-state index in [-0.39, 0.29) is 17.1 Å². The van der Waals surface area contributed by atoms with Crippen LogP contribution < -0.4 is 21.3 Å². The maximum absolute atomic E-state index is 12.9. The number of urea groups is 1. The van der Waals surface area contributed by atoms with Gasteiger partial charge in [0.2, 0.25) is 0 Å². The highest BCUT2D eigenvalue weighted by atomic mass is 19.4. The minimum Gasteiger partial charge on any atom is -0.373 e. The summed E-state index contributed by atoms with van der Waals surface area (Å²) in [5, 5.41) is 10.5. The third-order valence-corrected chi connectivity index (χ3v) is 4.53. The Morgan fingerprint density at radius 2 is 1.61 bits per heavy atom. The van der Waals surface area contributed by atoms with Gasteiger partial charge in [0, 0.05) is 30.1 Å². The van der Waals surface area contributed by atoms with E-state index in [1.165, 1.54) is 24.3 Å². The molecular weight excluding hydrogens is 437 g/mol. The minimum atomic E-state index is -4.52. The van der Waals surface area contributed by atoms with Crippen LogP contribution in [0, 0.1) is 13.8 Å². The molecule has 33 heavy (non-hydrogen) atoms. The number of aromatic nitrogens is 2. The molecule has 11 heteroatoms. The van der Waals surface area contributed by atoms with Crippen LogP contribution in [0.2, 0.25) is 0 Å². The molecule has 172 valence electrons. The van der Waals surface area contributed by atoms with Crippen LogP contribution in [0.1, 0.15) is 27.3 Å². The van der Waals surface area contributed by atoms with Crippen molar-refractivity contribution in [3.8, 4) is 0 Å². The van der Waals surface area contributed by atoms with Crippen LogP contribution in [-0.4, -0.2) is 29.0 Å². The van der Waals surface area contributed by atoms with Crippen LogP contribution >= 0.6 is 0 Å². The zero-order valence-electron chi connectivity index (χ0n) is 18.0. The lowest BCUT2D eigenvalue weighted by atomic mass is 10.1. The Balaban J connectivity index is 1.73. The van der Waals surface area contributed by atoms with E-state index in [2.05, 4.69) is 31.2 Å². The number of carbonyl (C=O) groups excluding carboxylic acids is 2. The number of halogens is 3. The van der Waals surface area contributed by atoms with E-state index in [1.54, 1.807) is 33.0 Å². The van der Waals surface area contributed by atoms with Gasteiger partial charge in [-0.3, -0.25) is 10.1 Å². The number of aryl methyl sites for hydroxylation is 2. The number of rotatable bonds is 5. The molecule has 3 rings (SSSR count). The number of hydrogen-bond donors (Lipinski definition) is 4. The van der Waals surface area contributed by atoms with Crippen molar-refractivity contribution in [2.24, 2.45) is 0 Å². The second-order valence-corrected chi connectivity index (χ2v) is 7.08. The molecule has 0 saturated heterocycles. The smallest absolute Gasteiger partial charge is 0.373 e. The van der Waals surface area contributed by atoms with Crippen molar-refractivity contribution >= 4 is 34.9 Å². The highest BCUT2D eigenvalue weighted by Gasteiger charge is 2.30. The summed E-state index contributed by atoms with van der Waals surface area (Å²) in [5.41, 5.74) is 0.315. The molecular formula is C22H21F3N6O2. The van der Waals surface area contributed by atoms with Gasteiger partial charge in [0.25, 0.3) is 5.91 Å². The number of benzene rings is 2. The van der Waals surface area contributed by atoms with Crippen LogP contribution in [0.3, 0.4) is 0 Å². The van der Waals surface area contributed by atoms with E-state index < -0.39 is 23.7 Å². The standard InChI is InChI=1S/C22H21F3N6O2/c1-12-7-8-14(20(32)29-16-6-4-5-15(10-16)22(23,24)25)9-17(12)30-21(33)31-19-11-18(26-3)27-13(2)28-19/h4-11H,1-3H3,(H,29,32)(H3,26,27,28,30,31,33). The van der Waals surface area contributed by atoms with Crippen molar-refractivity contribution in [3.05, 3.63) is 71.0 Å². The first-order valence-electron chi connectivity index (χ1n) is 9.76. The number of nitrogens with one attached hydrogen (secondary N) is 4. The zero-order valence-corrected chi connectivity index (χ0v) is 18.0. The minimum absolute atomic E-state index is 0.00196. The fourth-order valence-corrected chi connectivity index (χ4v) is 2.90. The van der Waals surface area contributed by atoms with Gasteiger partial charge in [-0.05, 0) is 49.7 Å². The maximum Gasteiger partial charge on any atom is 0.416 e. The fourth-order valence-electron chi connectivity index (χ4n) is 2.90. The van der Waals surface area contributed by atoms with Crippen LogP contribution in [0.15, 0.2) is 48.5 Å². The quantitative estimate of drug-likeness (QED) is 0.428. The maximum atomic E-state index is 12.9. The second-order valence-electron chi connectivity index (χ2n) is 7.08. The highest BCUT2D eigenvalue weighted by molar-refractivity contribution is 6.06. The molecule has 0 bridgehead atoms. The van der Waals surface area contributed by atoms with Crippen LogP contribution in [-0.2, 0) is 6.18 Å². The lowest BCUT2D eigenvalue weighted by Gasteiger charge is -2.13. The molecule has 0 atom stereocenters. The van der Waals surface area contributed by atoms with E-state index in [9.17, 15) is 22.8 Å². The molecule has 4 N–H and O–H groups in total. The number of nitrogens with zero attached hydrogens (tertiary/aromatic N) is 2. The predicted molar refractivity (Wildman–Crippen MR) is 120 cm³/mol. The van der Waals surface area contributed by atoms with Gasteiger partial charge in [-0.2, -0.15) is 13.2 Å². The van der Waals surface area contributed by atoms with Crippen molar-refractivity contribution < 1.29 is 22.8 Å². The molecule has 0 unspecified atom stereocenters. The Kier molecular flexibility index (Phi) is 6.80. The highest BCUT2D eigenvalue weighted by Crippen LogP contribution is 2.30. The van der Waals surface area contributed by atoms with Crippen LogP contribution in [0.5, 0.6) is 0 Å². The third kappa shape index (κ3) is 6.19. The van der Waals surface area contributed by atoms with E-state index in [0.29, 0.717) is 22.9 Å². The molecule has 8 nitrogen and oxygen atoms in total. The molecule has 3 aromatic rings. The van der Waals surface area contributed by atoms with Crippen molar-refractivity contribution in [1.29, 1.82) is 0 Å². The number of amides is 3. The predicted octanol–water partition coefficient (Wildman–Crippen LogP) is 5.05. The summed E-state index contributed by atoms with van der Waals surface area (Å²) in [5.74, 6) is 0.646. The molecule has 0 aliphatic rings. The monoisotopic (exact) mass is 458 g/mol. The van der Waals surface area contributed by atoms with E-state index in [4.69, 9.17) is 0 Å². The summed E-state index contributed by atoms with van der Waals surface area (Å²) in [6.45, 7) is 3.42. The first-order valence-corrected chi connectivity index (χ1v) is 9.76. The van der Waals surface area contributed by atoms with Gasteiger partial charge in [0.1, 0.15) is 17.5 Å². The zero-order chi connectivity index (χ0) is 24.2. The summed E-state index contributed by atoms with van der Waals surface area (Å²) in [7, 11) is 1.69. The van der Waals surface area contributed by atoms with Crippen LogP contribution in [0.25, 0.3) is 0 Å². The lowest BCUT2D eigenvalue weighted by Crippen LogP contribution is -2.21. The molecule has 0 aliphatic carbocycles. The average Bonchev–Trinajstić information content (AvgIpc) is 2.74. The second kappa shape index (κ2) is 9.55. The molecule has 0 aliphatic heterocycles. The summed E-state index contributed by atoms with van der Waals surface area (Å²) in [6.07, 6.45) is -4.52. The lowest BCUT2D eigenvalue weighted by molar-refractivity contribution is -0.137. The van der Waals surface area contributed by atoms with Gasteiger partial charge in [0.05, 0.1) is 5.56 Å². The normalized spacial score (nSPS) is 11.0. The van der Waals surface area contributed by atoms with Crippen molar-refractivity contribution in [1.82, 2.24) is 9.97 Å². The van der Waals surface area contributed by atoms with Gasteiger partial charge in [-0.1, -0.05) is 12.1 Å². The fraction of sp³-hybridized carbons (Fsp3) is 0.182. The Morgan fingerprint density at radius 3 is 2.30 bits per heavy atom. The molecule has 0 spiro atoms. The van der Waals surface area contributed by atoms with Gasteiger partial charge in [-0.15, -0.1) is 0 Å². The molecule has 0 fully saturated rings. The molecule has 3 amide bonds. The van der Waals surface area contributed by atoms with Crippen molar-refractivity contribution in [2.75, 3.05) is 28.3 Å². The van der Waals surface area contributed by atoms with E-state index in [0.717, 1.165) is 12.1 Å². The summed E-state index contributed by atoms with van der Waals surface area (Å²) < 4.78 is 38.7. The molecule has 1 aromatic heterocycles. The molecule has 0 saturated carbocycles. The SMILES string of the molecule is CNc1cc(NC(=O)Nc2cc(C(=O)Nc3cccc(C(F)(F)F)c3)ccc2C)nc(C)n1. The van der Waals surface area contributed by atoms with Gasteiger partial charge in [-0.25, -0.2) is 14.8 Å². The Hall–Kier alpha value is -4.15. The Morgan fingerprint density at radius 1 is 0.879 bits per heavy atom. The largest absolute Gasteiger partial charge is 0.416 e. The number of carbonyl (C=O) groups is 2. The van der Waals surface area contributed by atoms with Gasteiger partial charge >= 0.3 is 12.2 Å². The first-order chi connectivity index (χ1) is 15.5. The topological polar surface area (TPSA) is 108 Å². The van der Waals surface area contributed by atoms with Crippen molar-refractivity contribution in [3.63, 3.8) is 0 Å². The number of hydrogen-bond acceptors (Lipinski definition) is 5. The summed E-state index contributed by atoms with van der Waals surface area (Å²) in [6, 6.07) is 9.85. The summed E-state index contributed by atoms with van der Waals surface area (Å²) >= 11 is 0. The number of alkyl halides is 3. The molecule has 2 aromatic carbocycles. The van der Waals surface area contributed by atoms with Crippen molar-refractivity contribution in [2.45, 2.75) is 20.0 Å².